The van der Waals surface area contributed by atoms with Crippen LogP contribution in [0.5, 0.6) is 11.5 Å². The second-order valence-electron chi connectivity index (χ2n) is 9.44. The summed E-state index contributed by atoms with van der Waals surface area (Å²) in [5.41, 5.74) is 3.45. The molecule has 1 saturated heterocycles. The van der Waals surface area contributed by atoms with Gasteiger partial charge in [0.2, 0.25) is 5.95 Å². The number of aromatic amines is 1. The Bertz CT molecular complexity index is 1530. The van der Waals surface area contributed by atoms with Crippen molar-refractivity contribution in [3.8, 4) is 11.5 Å². The first-order valence-electron chi connectivity index (χ1n) is 12.5. The van der Waals surface area contributed by atoms with Crippen molar-refractivity contribution < 1.29 is 24.2 Å². The Morgan fingerprint density at radius 1 is 1.03 bits per heavy atom. The van der Waals surface area contributed by atoms with Crippen LogP contribution in [0, 0.1) is 6.92 Å². The van der Waals surface area contributed by atoms with Crippen molar-refractivity contribution in [2.75, 3.05) is 11.5 Å². The molecule has 1 aliphatic rings. The second-order valence-corrected chi connectivity index (χ2v) is 9.44. The van der Waals surface area contributed by atoms with Crippen LogP contribution in [-0.4, -0.2) is 39.5 Å². The fraction of sp³-hybridized carbons (Fsp3) is 0.233. The molecule has 0 radical (unpaired) electrons. The predicted octanol–water partition coefficient (Wildman–Crippen LogP) is 5.68. The number of aliphatic hydroxyl groups excluding tert-OH is 1. The molecule has 2 heterocycles. The summed E-state index contributed by atoms with van der Waals surface area (Å²) in [5.74, 6) is -0.314. The number of aryl methyl sites for hydroxylation is 1. The first-order valence-corrected chi connectivity index (χ1v) is 12.5. The Kier molecular flexibility index (Phi) is 6.63. The minimum atomic E-state index is -0.906. The van der Waals surface area contributed by atoms with E-state index in [0.29, 0.717) is 34.7 Å². The molecular formula is C30H29N3O5. The Morgan fingerprint density at radius 2 is 1.71 bits per heavy atom. The van der Waals surface area contributed by atoms with E-state index in [0.717, 1.165) is 11.1 Å². The first-order chi connectivity index (χ1) is 18.3. The lowest BCUT2D eigenvalue weighted by Crippen LogP contribution is -2.30. The third kappa shape index (κ3) is 4.61. The fourth-order valence-electron chi connectivity index (χ4n) is 4.62. The van der Waals surface area contributed by atoms with E-state index in [2.05, 4.69) is 9.97 Å². The average Bonchev–Trinajstić information content (AvgIpc) is 3.42. The van der Waals surface area contributed by atoms with E-state index in [1.54, 1.807) is 48.5 Å². The summed E-state index contributed by atoms with van der Waals surface area (Å²) in [6, 6.07) is 18.7. The number of benzene rings is 3. The molecule has 8 heteroatoms. The number of nitrogens with zero attached hydrogens (tertiary/aromatic N) is 2. The molecule has 4 aromatic rings. The molecule has 1 unspecified atom stereocenters. The Morgan fingerprint density at radius 3 is 2.37 bits per heavy atom. The molecular weight excluding hydrogens is 482 g/mol. The maximum Gasteiger partial charge on any atom is 0.302 e. The highest BCUT2D eigenvalue weighted by Crippen LogP contribution is 2.42. The van der Waals surface area contributed by atoms with Crippen LogP contribution in [0.15, 0.2) is 72.3 Å². The number of Topliss-reactive ketones (excluding diaryl/α,β-unsaturated/α-hetero) is 1. The summed E-state index contributed by atoms with van der Waals surface area (Å²) in [6.07, 6.45) is -0.00912. The monoisotopic (exact) mass is 511 g/mol. The maximum atomic E-state index is 13.5. The molecule has 194 valence electrons. The summed E-state index contributed by atoms with van der Waals surface area (Å²) in [6.45, 7) is 8.21. The van der Waals surface area contributed by atoms with Gasteiger partial charge in [-0.05, 0) is 87.4 Å². The van der Waals surface area contributed by atoms with Crippen LogP contribution in [0.25, 0.3) is 16.8 Å². The number of carbonyl (C=O) groups is 2. The van der Waals surface area contributed by atoms with Crippen LogP contribution >= 0.6 is 0 Å². The number of ketones is 1. The number of hydrogen-bond acceptors (Lipinski definition) is 6. The number of aromatic nitrogens is 2. The summed E-state index contributed by atoms with van der Waals surface area (Å²) >= 11 is 0. The summed E-state index contributed by atoms with van der Waals surface area (Å²) in [4.78, 5) is 36.0. The SMILES string of the molecule is CCOc1ccc(/C(O)=C2\C(=O)C(=O)N(c3nc4ccc(C)cc4[nH]3)C2c2ccc(OC(C)C)cc2)cc1. The highest BCUT2D eigenvalue weighted by Gasteiger charge is 2.48. The number of ether oxygens (including phenoxy) is 2. The molecule has 38 heavy (non-hydrogen) atoms. The zero-order valence-electron chi connectivity index (χ0n) is 21.7. The van der Waals surface area contributed by atoms with Gasteiger partial charge in [0.25, 0.3) is 5.78 Å². The number of nitrogens with one attached hydrogen (secondary N) is 1. The Labute approximate surface area is 220 Å². The summed E-state index contributed by atoms with van der Waals surface area (Å²) in [7, 11) is 0. The van der Waals surface area contributed by atoms with Gasteiger partial charge >= 0.3 is 5.91 Å². The summed E-state index contributed by atoms with van der Waals surface area (Å²) in [5, 5.41) is 11.4. The minimum Gasteiger partial charge on any atom is -0.507 e. The average molecular weight is 512 g/mol. The van der Waals surface area contributed by atoms with Gasteiger partial charge < -0.3 is 19.6 Å². The van der Waals surface area contributed by atoms with Crippen LogP contribution in [0.2, 0.25) is 0 Å². The van der Waals surface area contributed by atoms with E-state index in [4.69, 9.17) is 9.47 Å². The zero-order chi connectivity index (χ0) is 27.0. The number of H-pyrrole nitrogens is 1. The number of amides is 1. The van der Waals surface area contributed by atoms with Crippen molar-refractivity contribution in [3.05, 3.63) is 89.0 Å². The van der Waals surface area contributed by atoms with Gasteiger partial charge in [-0.1, -0.05) is 18.2 Å². The molecule has 3 aromatic carbocycles. The third-order valence-electron chi connectivity index (χ3n) is 6.30. The molecule has 0 bridgehead atoms. The van der Waals surface area contributed by atoms with Gasteiger partial charge in [0.1, 0.15) is 17.3 Å². The highest BCUT2D eigenvalue weighted by molar-refractivity contribution is 6.51. The van der Waals surface area contributed by atoms with Gasteiger partial charge in [-0.15, -0.1) is 0 Å². The van der Waals surface area contributed by atoms with E-state index in [1.807, 2.05) is 45.9 Å². The lowest BCUT2D eigenvalue weighted by Gasteiger charge is -2.23. The van der Waals surface area contributed by atoms with Crippen molar-refractivity contribution in [1.82, 2.24) is 9.97 Å². The highest BCUT2D eigenvalue weighted by atomic mass is 16.5. The maximum absolute atomic E-state index is 13.5. The quantitative estimate of drug-likeness (QED) is 0.188. The molecule has 0 saturated carbocycles. The van der Waals surface area contributed by atoms with Crippen molar-refractivity contribution in [1.29, 1.82) is 0 Å². The lowest BCUT2D eigenvalue weighted by molar-refractivity contribution is -0.132. The number of anilines is 1. The standard InChI is InChI=1S/C30H29N3O5/c1-5-37-21-11-9-20(10-12-21)27(34)25-26(19-7-13-22(14-8-19)38-17(2)3)33(29(36)28(25)35)30-31-23-15-6-18(4)16-24(23)32-30/h6-17,26,34H,5H2,1-4H3,(H,31,32)/b27-25+. The Hall–Kier alpha value is -4.59. The number of aliphatic hydroxyl groups is 1. The normalized spacial score (nSPS) is 17.0. The van der Waals surface area contributed by atoms with Crippen molar-refractivity contribution in [3.63, 3.8) is 0 Å². The van der Waals surface area contributed by atoms with Gasteiger partial charge in [0.15, 0.2) is 0 Å². The van der Waals surface area contributed by atoms with E-state index >= 15 is 0 Å². The fourth-order valence-corrected chi connectivity index (χ4v) is 4.62. The molecule has 1 amide bonds. The predicted molar refractivity (Wildman–Crippen MR) is 145 cm³/mol. The van der Waals surface area contributed by atoms with Crippen LogP contribution in [0.3, 0.4) is 0 Å². The number of carbonyl (C=O) groups excluding carboxylic acids is 2. The number of hydrogen-bond donors (Lipinski definition) is 2. The molecule has 8 nitrogen and oxygen atoms in total. The number of rotatable bonds is 7. The van der Waals surface area contributed by atoms with Gasteiger partial charge in [-0.25, -0.2) is 4.98 Å². The van der Waals surface area contributed by atoms with Gasteiger partial charge in [-0.2, -0.15) is 0 Å². The van der Waals surface area contributed by atoms with E-state index < -0.39 is 17.7 Å². The van der Waals surface area contributed by atoms with Gasteiger partial charge in [0, 0.05) is 5.56 Å². The topological polar surface area (TPSA) is 105 Å². The lowest BCUT2D eigenvalue weighted by atomic mass is 9.95. The van der Waals surface area contributed by atoms with E-state index in [1.165, 1.54) is 4.90 Å². The molecule has 2 N–H and O–H groups in total. The molecule has 1 atom stereocenters. The smallest absolute Gasteiger partial charge is 0.302 e. The molecule has 1 fully saturated rings. The third-order valence-corrected chi connectivity index (χ3v) is 6.30. The Balaban J connectivity index is 1.65. The molecule has 1 aliphatic heterocycles. The largest absolute Gasteiger partial charge is 0.507 e. The van der Waals surface area contributed by atoms with Crippen molar-refractivity contribution in [2.24, 2.45) is 0 Å². The molecule has 5 rings (SSSR count). The van der Waals surface area contributed by atoms with Crippen LogP contribution < -0.4 is 14.4 Å². The van der Waals surface area contributed by atoms with Crippen molar-refractivity contribution in [2.45, 2.75) is 39.8 Å². The van der Waals surface area contributed by atoms with Crippen molar-refractivity contribution >= 4 is 34.4 Å². The van der Waals surface area contributed by atoms with E-state index in [9.17, 15) is 14.7 Å². The molecule has 0 aliphatic carbocycles. The number of imidazole rings is 1. The van der Waals surface area contributed by atoms with Crippen LogP contribution in [0.1, 0.15) is 43.5 Å². The minimum absolute atomic E-state index is 0.00912. The van der Waals surface area contributed by atoms with Crippen LogP contribution in [0.4, 0.5) is 5.95 Å². The van der Waals surface area contributed by atoms with Gasteiger partial charge in [-0.3, -0.25) is 14.5 Å². The molecule has 1 aromatic heterocycles. The second kappa shape index (κ2) is 10.0. The van der Waals surface area contributed by atoms with Gasteiger partial charge in [0.05, 0.1) is 35.4 Å². The summed E-state index contributed by atoms with van der Waals surface area (Å²) < 4.78 is 11.3. The zero-order valence-corrected chi connectivity index (χ0v) is 21.7. The van der Waals surface area contributed by atoms with Crippen LogP contribution in [-0.2, 0) is 9.59 Å². The van der Waals surface area contributed by atoms with E-state index in [-0.39, 0.29) is 23.4 Å². The number of fused-ring (bicyclic) bond motifs is 1. The molecule has 0 spiro atoms. The first kappa shape index (κ1) is 25.1.